The van der Waals surface area contributed by atoms with E-state index in [1.54, 1.807) is 0 Å². The van der Waals surface area contributed by atoms with Crippen LogP contribution in [0.5, 0.6) is 0 Å². The lowest BCUT2D eigenvalue weighted by atomic mass is 10.1. The van der Waals surface area contributed by atoms with Crippen molar-refractivity contribution in [3.05, 3.63) is 40.6 Å². The smallest absolute Gasteiger partial charge is 0.311 e. The number of para-hydroxylation sites is 1. The lowest BCUT2D eigenvalue weighted by molar-refractivity contribution is -0.384. The lowest BCUT2D eigenvalue weighted by Crippen LogP contribution is -2.42. The molecule has 110 valence electrons. The number of benzene rings is 1. The Hall–Kier alpha value is -2.25. The third-order valence-electron chi connectivity index (χ3n) is 3.46. The van der Waals surface area contributed by atoms with Gasteiger partial charge < -0.3 is 15.4 Å². The van der Waals surface area contributed by atoms with Crippen molar-refractivity contribution in [2.24, 2.45) is 0 Å². The second kappa shape index (κ2) is 6.02. The molecule has 1 aromatic carbocycles. The van der Waals surface area contributed by atoms with Gasteiger partial charge in [0.1, 0.15) is 11.9 Å². The number of morpholine rings is 1. The van der Waals surface area contributed by atoms with E-state index in [0.29, 0.717) is 18.8 Å². The summed E-state index contributed by atoms with van der Waals surface area (Å²) in [7, 11) is 0. The molecule has 0 saturated carbocycles. The largest absolute Gasteiger partial charge is 0.376 e. The van der Waals surface area contributed by atoms with E-state index in [2.05, 4.69) is 15.6 Å². The first-order valence-electron chi connectivity index (χ1n) is 6.84. The van der Waals surface area contributed by atoms with E-state index in [1.807, 2.05) is 24.3 Å². The average Bonchev–Trinajstić information content (AvgIpc) is 2.53. The Morgan fingerprint density at radius 3 is 3.10 bits per heavy atom. The van der Waals surface area contributed by atoms with Gasteiger partial charge in [0.25, 0.3) is 0 Å². The zero-order valence-corrected chi connectivity index (χ0v) is 11.4. The monoisotopic (exact) mass is 288 g/mol. The van der Waals surface area contributed by atoms with Gasteiger partial charge in [-0.1, -0.05) is 18.2 Å². The molecule has 3 rings (SSSR count). The Bertz CT molecular complexity index is 656. The summed E-state index contributed by atoms with van der Waals surface area (Å²) in [6, 6.07) is 7.37. The summed E-state index contributed by atoms with van der Waals surface area (Å²) >= 11 is 0. The highest BCUT2D eigenvalue weighted by Crippen LogP contribution is 2.31. The second-order valence-corrected chi connectivity index (χ2v) is 4.87. The predicted molar refractivity (Wildman–Crippen MR) is 79.5 cm³/mol. The summed E-state index contributed by atoms with van der Waals surface area (Å²) in [5.74, 6) is 0. The van der Waals surface area contributed by atoms with E-state index in [4.69, 9.17) is 4.74 Å². The number of nitrogens with one attached hydrogen (secondary N) is 2. The zero-order chi connectivity index (χ0) is 14.7. The third kappa shape index (κ3) is 2.93. The number of hydrogen-bond donors (Lipinski definition) is 2. The number of rotatable bonds is 4. The highest BCUT2D eigenvalue weighted by Gasteiger charge is 2.20. The van der Waals surface area contributed by atoms with E-state index in [0.717, 1.165) is 24.0 Å². The SMILES string of the molecule is O=[N+]([O-])c1cnc2ccccc2c1NCC1CNCCO1. The molecule has 1 unspecified atom stereocenters. The first-order chi connectivity index (χ1) is 10.3. The van der Waals surface area contributed by atoms with Crippen molar-refractivity contribution >= 4 is 22.3 Å². The van der Waals surface area contributed by atoms with E-state index >= 15 is 0 Å². The Labute approximate surface area is 121 Å². The number of aromatic nitrogens is 1. The minimum Gasteiger partial charge on any atom is -0.376 e. The number of nitrogens with zero attached hydrogens (tertiary/aromatic N) is 2. The van der Waals surface area contributed by atoms with Crippen LogP contribution < -0.4 is 10.6 Å². The Balaban J connectivity index is 1.90. The molecule has 1 atom stereocenters. The van der Waals surface area contributed by atoms with Gasteiger partial charge in [-0.3, -0.25) is 10.1 Å². The van der Waals surface area contributed by atoms with Gasteiger partial charge in [-0.2, -0.15) is 0 Å². The molecule has 0 radical (unpaired) electrons. The summed E-state index contributed by atoms with van der Waals surface area (Å²) < 4.78 is 5.60. The molecule has 2 aromatic rings. The van der Waals surface area contributed by atoms with Gasteiger partial charge >= 0.3 is 5.69 Å². The van der Waals surface area contributed by atoms with Crippen molar-refractivity contribution in [1.82, 2.24) is 10.3 Å². The number of nitro groups is 1. The molecule has 21 heavy (non-hydrogen) atoms. The van der Waals surface area contributed by atoms with Crippen LogP contribution in [0.25, 0.3) is 10.9 Å². The molecule has 1 saturated heterocycles. The van der Waals surface area contributed by atoms with Crippen LogP contribution in [0.15, 0.2) is 30.5 Å². The van der Waals surface area contributed by atoms with Crippen molar-refractivity contribution in [1.29, 1.82) is 0 Å². The van der Waals surface area contributed by atoms with E-state index in [-0.39, 0.29) is 11.8 Å². The fraction of sp³-hybridized carbons (Fsp3) is 0.357. The van der Waals surface area contributed by atoms with Gasteiger partial charge in [-0.15, -0.1) is 0 Å². The van der Waals surface area contributed by atoms with Crippen LogP contribution in [0.3, 0.4) is 0 Å². The molecule has 7 nitrogen and oxygen atoms in total. The summed E-state index contributed by atoms with van der Waals surface area (Å²) in [5.41, 5.74) is 1.21. The first kappa shape index (κ1) is 13.7. The number of pyridine rings is 1. The molecular weight excluding hydrogens is 272 g/mol. The predicted octanol–water partition coefficient (Wildman–Crippen LogP) is 1.54. The number of fused-ring (bicyclic) bond motifs is 1. The Kier molecular flexibility index (Phi) is 3.94. The van der Waals surface area contributed by atoms with Crippen LogP contribution in [0.1, 0.15) is 0 Å². The molecule has 1 fully saturated rings. The number of anilines is 1. The highest BCUT2D eigenvalue weighted by atomic mass is 16.6. The van der Waals surface area contributed by atoms with Crippen molar-refractivity contribution in [3.63, 3.8) is 0 Å². The summed E-state index contributed by atoms with van der Waals surface area (Å²) in [5, 5.41) is 18.3. The maximum absolute atomic E-state index is 11.2. The molecular formula is C14H16N4O3. The van der Waals surface area contributed by atoms with Crippen LogP contribution in [0.4, 0.5) is 11.4 Å². The normalized spacial score (nSPS) is 18.6. The average molecular weight is 288 g/mol. The molecule has 1 aliphatic rings. The first-order valence-corrected chi connectivity index (χ1v) is 6.84. The molecule has 0 spiro atoms. The maximum atomic E-state index is 11.2. The number of ether oxygens (including phenoxy) is 1. The van der Waals surface area contributed by atoms with Crippen LogP contribution in [0, 0.1) is 10.1 Å². The minimum absolute atomic E-state index is 0.00489. The molecule has 1 aromatic heterocycles. The summed E-state index contributed by atoms with van der Waals surface area (Å²) in [6.45, 7) is 2.76. The standard InChI is InChI=1S/C14H16N4O3/c19-18(20)13-9-16-12-4-2-1-3-11(12)14(13)17-8-10-7-15-5-6-21-10/h1-4,9-10,15H,5-8H2,(H,16,17). The van der Waals surface area contributed by atoms with Crippen molar-refractivity contribution in [2.45, 2.75) is 6.10 Å². The van der Waals surface area contributed by atoms with Gasteiger partial charge in [0.15, 0.2) is 0 Å². The Morgan fingerprint density at radius 1 is 1.48 bits per heavy atom. The van der Waals surface area contributed by atoms with Crippen molar-refractivity contribution in [2.75, 3.05) is 31.6 Å². The van der Waals surface area contributed by atoms with Crippen molar-refractivity contribution < 1.29 is 9.66 Å². The zero-order valence-electron chi connectivity index (χ0n) is 11.4. The van der Waals surface area contributed by atoms with Crippen LogP contribution >= 0.6 is 0 Å². The summed E-state index contributed by atoms with van der Waals surface area (Å²) in [6.07, 6.45) is 1.30. The van der Waals surface area contributed by atoms with Crippen molar-refractivity contribution in [3.8, 4) is 0 Å². The van der Waals surface area contributed by atoms with Gasteiger partial charge in [-0.25, -0.2) is 4.98 Å². The van der Waals surface area contributed by atoms with Gasteiger partial charge in [0, 0.05) is 25.0 Å². The maximum Gasteiger partial charge on any atom is 0.311 e. The topological polar surface area (TPSA) is 89.3 Å². The molecule has 0 aliphatic carbocycles. The van der Waals surface area contributed by atoms with E-state index < -0.39 is 4.92 Å². The van der Waals surface area contributed by atoms with Gasteiger partial charge in [0.2, 0.25) is 0 Å². The highest BCUT2D eigenvalue weighted by molar-refractivity contribution is 5.95. The van der Waals surface area contributed by atoms with Gasteiger partial charge in [0.05, 0.1) is 23.2 Å². The molecule has 2 heterocycles. The Morgan fingerprint density at radius 2 is 2.33 bits per heavy atom. The number of hydrogen-bond acceptors (Lipinski definition) is 6. The van der Waals surface area contributed by atoms with Crippen LogP contribution in [-0.2, 0) is 4.74 Å². The fourth-order valence-electron chi connectivity index (χ4n) is 2.42. The lowest BCUT2D eigenvalue weighted by Gasteiger charge is -2.24. The van der Waals surface area contributed by atoms with Gasteiger partial charge in [-0.05, 0) is 6.07 Å². The minimum atomic E-state index is -0.415. The van der Waals surface area contributed by atoms with Crippen LogP contribution in [-0.4, -0.2) is 42.3 Å². The van der Waals surface area contributed by atoms with E-state index in [1.165, 1.54) is 6.20 Å². The quantitative estimate of drug-likeness (QED) is 0.655. The van der Waals surface area contributed by atoms with Crippen LogP contribution in [0.2, 0.25) is 0 Å². The van der Waals surface area contributed by atoms with E-state index in [9.17, 15) is 10.1 Å². The fourth-order valence-corrected chi connectivity index (χ4v) is 2.42. The molecule has 7 heteroatoms. The molecule has 0 bridgehead atoms. The third-order valence-corrected chi connectivity index (χ3v) is 3.46. The molecule has 1 aliphatic heterocycles. The second-order valence-electron chi connectivity index (χ2n) is 4.87. The summed E-state index contributed by atoms with van der Waals surface area (Å²) in [4.78, 5) is 14.9. The molecule has 0 amide bonds. The molecule has 2 N–H and O–H groups in total.